The van der Waals surface area contributed by atoms with Gasteiger partial charge in [0.25, 0.3) is 5.91 Å². The van der Waals surface area contributed by atoms with Crippen molar-refractivity contribution in [2.45, 2.75) is 6.92 Å². The quantitative estimate of drug-likeness (QED) is 0.672. The van der Waals surface area contributed by atoms with Crippen LogP contribution in [0.25, 0.3) is 10.9 Å². The van der Waals surface area contributed by atoms with Gasteiger partial charge in [0.1, 0.15) is 0 Å². The van der Waals surface area contributed by atoms with Gasteiger partial charge < -0.3 is 0 Å². The molecule has 20 heavy (non-hydrogen) atoms. The third kappa shape index (κ3) is 1.98. The molecule has 3 rings (SSSR count). The fraction of sp³-hybridized carbons (Fsp3) is 0.0588. The molecule has 0 N–H and O–H groups in total. The molecule has 0 aliphatic rings. The Morgan fingerprint density at radius 2 is 1.85 bits per heavy atom. The van der Waals surface area contributed by atoms with Crippen molar-refractivity contribution in [1.29, 1.82) is 5.26 Å². The predicted octanol–water partition coefficient (Wildman–Crippen LogP) is 3.51. The Hall–Kier alpha value is -2.86. The molecule has 0 bridgehead atoms. The average molecular weight is 260 g/mol. The summed E-state index contributed by atoms with van der Waals surface area (Å²) in [5, 5.41) is 9.92. The summed E-state index contributed by atoms with van der Waals surface area (Å²) >= 11 is 0. The molecule has 2 aromatic carbocycles. The highest BCUT2D eigenvalue weighted by Crippen LogP contribution is 2.19. The van der Waals surface area contributed by atoms with Crippen LogP contribution in [0.3, 0.4) is 0 Å². The van der Waals surface area contributed by atoms with Crippen molar-refractivity contribution in [3.8, 4) is 6.07 Å². The predicted molar refractivity (Wildman–Crippen MR) is 77.6 cm³/mol. The molecule has 0 radical (unpaired) electrons. The van der Waals surface area contributed by atoms with Gasteiger partial charge in [-0.25, -0.2) is 0 Å². The van der Waals surface area contributed by atoms with Crippen LogP contribution in [0, 0.1) is 18.3 Å². The van der Waals surface area contributed by atoms with E-state index in [0.29, 0.717) is 11.1 Å². The van der Waals surface area contributed by atoms with Crippen molar-refractivity contribution in [1.82, 2.24) is 4.57 Å². The summed E-state index contributed by atoms with van der Waals surface area (Å²) in [6, 6.07) is 16.8. The van der Waals surface area contributed by atoms with Gasteiger partial charge >= 0.3 is 0 Å². The van der Waals surface area contributed by atoms with Crippen molar-refractivity contribution < 1.29 is 4.79 Å². The van der Waals surface area contributed by atoms with Crippen molar-refractivity contribution in [2.24, 2.45) is 0 Å². The molecule has 0 spiro atoms. The number of aryl methyl sites for hydroxylation is 1. The molecule has 0 fully saturated rings. The Morgan fingerprint density at radius 1 is 1.10 bits per heavy atom. The molecule has 96 valence electrons. The molecule has 1 heterocycles. The fourth-order valence-electron chi connectivity index (χ4n) is 2.21. The van der Waals surface area contributed by atoms with Crippen LogP contribution in [0.2, 0.25) is 0 Å². The minimum atomic E-state index is -0.0879. The molecule has 0 amide bonds. The summed E-state index contributed by atoms with van der Waals surface area (Å²) in [5.41, 5.74) is 3.06. The first-order chi connectivity index (χ1) is 9.69. The Labute approximate surface area is 116 Å². The number of carbonyl (C=O) groups is 1. The van der Waals surface area contributed by atoms with Crippen LogP contribution in [0.4, 0.5) is 0 Å². The fourth-order valence-corrected chi connectivity index (χ4v) is 2.21. The number of hydrogen-bond donors (Lipinski definition) is 0. The smallest absolute Gasteiger partial charge is 0.262 e. The molecule has 0 saturated heterocycles. The van der Waals surface area contributed by atoms with Crippen molar-refractivity contribution in [3.05, 3.63) is 71.4 Å². The monoisotopic (exact) mass is 260 g/mol. The molecule has 0 atom stereocenters. The first-order valence-corrected chi connectivity index (χ1v) is 6.31. The third-order valence-electron chi connectivity index (χ3n) is 3.34. The topological polar surface area (TPSA) is 45.8 Å². The van der Waals surface area contributed by atoms with Gasteiger partial charge in [-0.15, -0.1) is 0 Å². The number of hydrogen-bond acceptors (Lipinski definition) is 2. The summed E-state index contributed by atoms with van der Waals surface area (Å²) in [6.07, 6.45) is 1.74. The Kier molecular flexibility index (Phi) is 2.85. The molecular formula is C17H12N2O. The van der Waals surface area contributed by atoms with E-state index in [-0.39, 0.29) is 5.91 Å². The van der Waals surface area contributed by atoms with Crippen LogP contribution >= 0.6 is 0 Å². The zero-order chi connectivity index (χ0) is 14.1. The number of nitriles is 1. The van der Waals surface area contributed by atoms with Crippen molar-refractivity contribution >= 4 is 16.8 Å². The average Bonchev–Trinajstić information content (AvgIpc) is 2.90. The van der Waals surface area contributed by atoms with Crippen LogP contribution in [0.5, 0.6) is 0 Å². The van der Waals surface area contributed by atoms with E-state index in [1.54, 1.807) is 22.9 Å². The lowest BCUT2D eigenvalue weighted by molar-refractivity contribution is 0.0965. The van der Waals surface area contributed by atoms with Gasteiger partial charge in [-0.3, -0.25) is 9.36 Å². The molecular weight excluding hydrogens is 248 g/mol. The molecule has 1 aromatic heterocycles. The second kappa shape index (κ2) is 4.67. The summed E-state index contributed by atoms with van der Waals surface area (Å²) < 4.78 is 1.58. The van der Waals surface area contributed by atoms with E-state index in [0.717, 1.165) is 16.5 Å². The summed E-state index contributed by atoms with van der Waals surface area (Å²) in [7, 11) is 0. The third-order valence-corrected chi connectivity index (χ3v) is 3.34. The highest BCUT2D eigenvalue weighted by molar-refractivity contribution is 6.02. The van der Waals surface area contributed by atoms with Crippen LogP contribution in [-0.4, -0.2) is 10.5 Å². The van der Waals surface area contributed by atoms with Gasteiger partial charge in [0.15, 0.2) is 0 Å². The van der Waals surface area contributed by atoms with Crippen LogP contribution in [0.15, 0.2) is 54.7 Å². The normalized spacial score (nSPS) is 10.4. The highest BCUT2D eigenvalue weighted by Gasteiger charge is 2.11. The molecule has 3 nitrogen and oxygen atoms in total. The molecule has 0 aliphatic carbocycles. The molecule has 0 aliphatic heterocycles. The summed E-state index contributed by atoms with van der Waals surface area (Å²) in [4.78, 5) is 12.5. The number of fused-ring (bicyclic) bond motifs is 1. The van der Waals surface area contributed by atoms with Gasteiger partial charge in [0.2, 0.25) is 0 Å². The Balaban J connectivity index is 2.12. The first kappa shape index (κ1) is 12.2. The largest absolute Gasteiger partial charge is 0.283 e. The van der Waals surface area contributed by atoms with E-state index in [2.05, 4.69) is 6.07 Å². The standard InChI is InChI=1S/C17H12N2O/c1-12-2-5-15(6-3-12)17(20)19-9-8-14-7-4-13(11-18)10-16(14)19/h2-10H,1H3. The number of rotatable bonds is 1. The maximum atomic E-state index is 12.5. The maximum Gasteiger partial charge on any atom is 0.262 e. The SMILES string of the molecule is Cc1ccc(C(=O)n2ccc3ccc(C#N)cc32)cc1. The Bertz CT molecular complexity index is 836. The second-order valence-corrected chi connectivity index (χ2v) is 4.74. The summed E-state index contributed by atoms with van der Waals surface area (Å²) in [5.74, 6) is -0.0879. The number of carbonyl (C=O) groups excluding carboxylic acids is 1. The first-order valence-electron chi connectivity index (χ1n) is 6.31. The van der Waals surface area contributed by atoms with Crippen LogP contribution in [0.1, 0.15) is 21.5 Å². The van der Waals surface area contributed by atoms with E-state index < -0.39 is 0 Å². The molecule has 0 unspecified atom stereocenters. The minimum absolute atomic E-state index is 0.0879. The van der Waals surface area contributed by atoms with E-state index in [4.69, 9.17) is 5.26 Å². The number of benzene rings is 2. The lowest BCUT2D eigenvalue weighted by Gasteiger charge is -2.05. The summed E-state index contributed by atoms with van der Waals surface area (Å²) in [6.45, 7) is 1.98. The lowest BCUT2D eigenvalue weighted by atomic mass is 10.1. The zero-order valence-electron chi connectivity index (χ0n) is 11.0. The van der Waals surface area contributed by atoms with Crippen molar-refractivity contribution in [3.63, 3.8) is 0 Å². The van der Waals surface area contributed by atoms with E-state index in [9.17, 15) is 4.79 Å². The Morgan fingerprint density at radius 3 is 2.55 bits per heavy atom. The van der Waals surface area contributed by atoms with Crippen molar-refractivity contribution in [2.75, 3.05) is 0 Å². The number of aromatic nitrogens is 1. The molecule has 3 aromatic rings. The van der Waals surface area contributed by atoms with Gasteiger partial charge in [-0.2, -0.15) is 5.26 Å². The van der Waals surface area contributed by atoms with Gasteiger partial charge in [-0.1, -0.05) is 23.8 Å². The van der Waals surface area contributed by atoms with Crippen LogP contribution in [-0.2, 0) is 0 Å². The highest BCUT2D eigenvalue weighted by atomic mass is 16.2. The maximum absolute atomic E-state index is 12.5. The molecule has 0 saturated carbocycles. The minimum Gasteiger partial charge on any atom is -0.283 e. The van der Waals surface area contributed by atoms with Gasteiger partial charge in [0.05, 0.1) is 17.1 Å². The van der Waals surface area contributed by atoms with E-state index in [1.165, 1.54) is 0 Å². The van der Waals surface area contributed by atoms with E-state index in [1.807, 2.05) is 43.3 Å². The molecule has 3 heteroatoms. The second-order valence-electron chi connectivity index (χ2n) is 4.74. The number of nitrogens with zero attached hydrogens (tertiary/aromatic N) is 2. The zero-order valence-corrected chi connectivity index (χ0v) is 11.0. The van der Waals surface area contributed by atoms with Gasteiger partial charge in [-0.05, 0) is 37.3 Å². The van der Waals surface area contributed by atoms with Gasteiger partial charge in [0, 0.05) is 17.1 Å². The van der Waals surface area contributed by atoms with E-state index >= 15 is 0 Å². The van der Waals surface area contributed by atoms with Crippen LogP contribution < -0.4 is 0 Å². The lowest BCUT2D eigenvalue weighted by Crippen LogP contribution is -2.10.